The van der Waals surface area contributed by atoms with Crippen LogP contribution >= 0.6 is 0 Å². The van der Waals surface area contributed by atoms with Crippen molar-refractivity contribution in [2.75, 3.05) is 11.6 Å². The van der Waals surface area contributed by atoms with Crippen molar-refractivity contribution in [3.63, 3.8) is 0 Å². The lowest BCUT2D eigenvalue weighted by atomic mass is 10.2. The Morgan fingerprint density at radius 3 is 2.76 bits per heavy atom. The largest absolute Gasteiger partial charge is 0.378 e. The van der Waals surface area contributed by atoms with Crippen LogP contribution in [0.2, 0.25) is 0 Å². The van der Waals surface area contributed by atoms with E-state index < -0.39 is 9.84 Å². The van der Waals surface area contributed by atoms with E-state index >= 15 is 0 Å². The lowest BCUT2D eigenvalue weighted by Crippen LogP contribution is -2.09. The van der Waals surface area contributed by atoms with Crippen molar-refractivity contribution >= 4 is 15.5 Å². The lowest BCUT2D eigenvalue weighted by molar-refractivity contribution is 0.602. The zero-order chi connectivity index (χ0) is 15.5. The molecule has 21 heavy (non-hydrogen) atoms. The average Bonchev–Trinajstić information content (AvgIpc) is 2.84. The van der Waals surface area contributed by atoms with Crippen LogP contribution in [-0.4, -0.2) is 24.2 Å². The van der Waals surface area contributed by atoms with Gasteiger partial charge in [-0.1, -0.05) is 13.0 Å². The topological polar surface area (TPSA) is 64.0 Å². The molecule has 0 atom stereocenters. The number of sulfone groups is 1. The van der Waals surface area contributed by atoms with E-state index in [9.17, 15) is 8.42 Å². The van der Waals surface area contributed by atoms with Crippen LogP contribution in [0.3, 0.4) is 0 Å². The summed E-state index contributed by atoms with van der Waals surface area (Å²) in [5.74, 6) is 0.945. The predicted molar refractivity (Wildman–Crippen MR) is 84.1 cm³/mol. The van der Waals surface area contributed by atoms with E-state index in [1.807, 2.05) is 19.2 Å². The molecule has 0 radical (unpaired) electrons. The SMILES string of the molecule is CCCn1ccnc1CNc1cc(S(C)(=O)=O)ccc1C. The Morgan fingerprint density at radius 2 is 2.10 bits per heavy atom. The molecule has 2 rings (SSSR count). The number of rotatable bonds is 6. The Balaban J connectivity index is 2.18. The molecule has 0 spiro atoms. The normalized spacial score (nSPS) is 11.6. The van der Waals surface area contributed by atoms with Gasteiger partial charge >= 0.3 is 0 Å². The van der Waals surface area contributed by atoms with Crippen molar-refractivity contribution in [3.05, 3.63) is 42.0 Å². The van der Waals surface area contributed by atoms with Crippen LogP contribution in [-0.2, 0) is 22.9 Å². The summed E-state index contributed by atoms with van der Waals surface area (Å²) < 4.78 is 25.3. The number of nitrogens with zero attached hydrogens (tertiary/aromatic N) is 2. The zero-order valence-corrected chi connectivity index (χ0v) is 13.4. The molecule has 0 saturated heterocycles. The molecule has 2 aromatic rings. The highest BCUT2D eigenvalue weighted by Gasteiger charge is 2.10. The molecule has 1 N–H and O–H groups in total. The average molecular weight is 307 g/mol. The van der Waals surface area contributed by atoms with Crippen molar-refractivity contribution < 1.29 is 8.42 Å². The first kappa shape index (κ1) is 15.6. The second kappa shape index (κ2) is 6.30. The first-order valence-electron chi connectivity index (χ1n) is 6.96. The van der Waals surface area contributed by atoms with E-state index in [1.165, 1.54) is 6.26 Å². The molecule has 0 aliphatic carbocycles. The maximum absolute atomic E-state index is 11.6. The van der Waals surface area contributed by atoms with Gasteiger partial charge in [-0.25, -0.2) is 13.4 Å². The van der Waals surface area contributed by atoms with Crippen molar-refractivity contribution in [1.29, 1.82) is 0 Å². The Kier molecular flexibility index (Phi) is 4.67. The quantitative estimate of drug-likeness (QED) is 0.891. The van der Waals surface area contributed by atoms with Gasteiger partial charge in [-0.05, 0) is 31.0 Å². The molecule has 6 heteroatoms. The van der Waals surface area contributed by atoms with E-state index in [1.54, 1.807) is 18.3 Å². The monoisotopic (exact) mass is 307 g/mol. The van der Waals surface area contributed by atoms with Crippen LogP contribution in [0.4, 0.5) is 5.69 Å². The Morgan fingerprint density at radius 1 is 1.33 bits per heavy atom. The number of imidazole rings is 1. The maximum Gasteiger partial charge on any atom is 0.175 e. The number of aromatic nitrogens is 2. The van der Waals surface area contributed by atoms with Crippen LogP contribution in [0.25, 0.3) is 0 Å². The van der Waals surface area contributed by atoms with Crippen molar-refractivity contribution in [2.24, 2.45) is 0 Å². The minimum Gasteiger partial charge on any atom is -0.378 e. The fourth-order valence-corrected chi connectivity index (χ4v) is 2.80. The Hall–Kier alpha value is -1.82. The van der Waals surface area contributed by atoms with Gasteiger partial charge in [-0.3, -0.25) is 0 Å². The van der Waals surface area contributed by atoms with Crippen LogP contribution in [0.15, 0.2) is 35.5 Å². The molecule has 1 heterocycles. The highest BCUT2D eigenvalue weighted by atomic mass is 32.2. The van der Waals surface area contributed by atoms with Crippen molar-refractivity contribution in [3.8, 4) is 0 Å². The molecule has 0 bridgehead atoms. The second-order valence-electron chi connectivity index (χ2n) is 5.14. The summed E-state index contributed by atoms with van der Waals surface area (Å²) in [5.41, 5.74) is 1.83. The molecular weight excluding hydrogens is 286 g/mol. The van der Waals surface area contributed by atoms with Crippen LogP contribution in [0.1, 0.15) is 24.7 Å². The number of hydrogen-bond acceptors (Lipinski definition) is 4. The minimum atomic E-state index is -3.19. The van der Waals surface area contributed by atoms with Gasteiger partial charge in [-0.2, -0.15) is 0 Å². The third-order valence-corrected chi connectivity index (χ3v) is 4.45. The third kappa shape index (κ3) is 3.85. The second-order valence-corrected chi connectivity index (χ2v) is 7.16. The van der Waals surface area contributed by atoms with E-state index in [4.69, 9.17) is 0 Å². The van der Waals surface area contributed by atoms with Crippen LogP contribution < -0.4 is 5.32 Å². The van der Waals surface area contributed by atoms with E-state index in [0.717, 1.165) is 30.0 Å². The van der Waals surface area contributed by atoms with E-state index in [2.05, 4.69) is 21.8 Å². The van der Waals surface area contributed by atoms with Crippen molar-refractivity contribution in [2.45, 2.75) is 38.3 Å². The fourth-order valence-electron chi connectivity index (χ4n) is 2.15. The molecular formula is C15H21N3O2S. The number of aryl methyl sites for hydroxylation is 2. The zero-order valence-electron chi connectivity index (χ0n) is 12.6. The summed E-state index contributed by atoms with van der Waals surface area (Å²) in [6, 6.07) is 5.13. The number of nitrogens with one attached hydrogen (secondary N) is 1. The van der Waals surface area contributed by atoms with Gasteiger partial charge in [0.25, 0.3) is 0 Å². The first-order valence-corrected chi connectivity index (χ1v) is 8.85. The molecule has 0 aliphatic rings. The summed E-state index contributed by atoms with van der Waals surface area (Å²) in [7, 11) is -3.19. The summed E-state index contributed by atoms with van der Waals surface area (Å²) in [4.78, 5) is 4.66. The Labute approximate surface area is 125 Å². The maximum atomic E-state index is 11.6. The van der Waals surface area contributed by atoms with Gasteiger partial charge in [0, 0.05) is 30.9 Å². The predicted octanol–water partition coefficient (Wildman–Crippen LogP) is 2.62. The van der Waals surface area contributed by atoms with Gasteiger partial charge in [0.15, 0.2) is 9.84 Å². The molecule has 0 aliphatic heterocycles. The molecule has 0 unspecified atom stereocenters. The molecule has 0 amide bonds. The van der Waals surface area contributed by atoms with Gasteiger partial charge in [-0.15, -0.1) is 0 Å². The smallest absolute Gasteiger partial charge is 0.175 e. The van der Waals surface area contributed by atoms with E-state index in [-0.39, 0.29) is 0 Å². The molecule has 5 nitrogen and oxygen atoms in total. The van der Waals surface area contributed by atoms with Gasteiger partial charge < -0.3 is 9.88 Å². The van der Waals surface area contributed by atoms with Gasteiger partial charge in [0.1, 0.15) is 5.82 Å². The molecule has 0 saturated carbocycles. The molecule has 114 valence electrons. The van der Waals surface area contributed by atoms with Crippen molar-refractivity contribution in [1.82, 2.24) is 9.55 Å². The highest BCUT2D eigenvalue weighted by Crippen LogP contribution is 2.20. The molecule has 0 fully saturated rings. The summed E-state index contributed by atoms with van der Waals surface area (Å²) in [6.07, 6.45) is 6.01. The van der Waals surface area contributed by atoms with E-state index in [0.29, 0.717) is 11.4 Å². The summed E-state index contributed by atoms with van der Waals surface area (Å²) in [6.45, 7) is 5.57. The summed E-state index contributed by atoms with van der Waals surface area (Å²) in [5, 5.41) is 3.28. The number of anilines is 1. The minimum absolute atomic E-state index is 0.326. The Bertz CT molecular complexity index is 720. The first-order chi connectivity index (χ1) is 9.91. The molecule has 1 aromatic carbocycles. The molecule has 1 aromatic heterocycles. The van der Waals surface area contributed by atoms with Gasteiger partial charge in [0.05, 0.1) is 11.4 Å². The summed E-state index contributed by atoms with van der Waals surface area (Å²) >= 11 is 0. The van der Waals surface area contributed by atoms with Crippen LogP contribution in [0, 0.1) is 6.92 Å². The number of hydrogen-bond donors (Lipinski definition) is 1. The standard InChI is InChI=1S/C15H21N3O2S/c1-4-8-18-9-7-16-15(18)11-17-14-10-13(21(3,19)20)6-5-12(14)2/h5-7,9-10,17H,4,8,11H2,1-3H3. The number of benzene rings is 1. The lowest BCUT2D eigenvalue weighted by Gasteiger charge is -2.12. The van der Waals surface area contributed by atoms with Gasteiger partial charge in [0.2, 0.25) is 0 Å². The fraction of sp³-hybridized carbons (Fsp3) is 0.400. The highest BCUT2D eigenvalue weighted by molar-refractivity contribution is 7.90. The van der Waals surface area contributed by atoms with Crippen LogP contribution in [0.5, 0.6) is 0 Å². The third-order valence-electron chi connectivity index (χ3n) is 3.34.